The lowest BCUT2D eigenvalue weighted by Crippen LogP contribution is -2.21. The maximum atomic E-state index is 11.3. The summed E-state index contributed by atoms with van der Waals surface area (Å²) in [6.45, 7) is 4.08. The summed E-state index contributed by atoms with van der Waals surface area (Å²) in [4.78, 5) is 11.3. The molecule has 1 rings (SSSR count). The molecular weight excluding hydrogens is 174 g/mol. The van der Waals surface area contributed by atoms with Crippen molar-refractivity contribution in [3.63, 3.8) is 0 Å². The molecule has 2 N–H and O–H groups in total. The molecule has 2 heteroatoms. The van der Waals surface area contributed by atoms with E-state index in [4.69, 9.17) is 5.73 Å². The third kappa shape index (κ3) is 2.34. The minimum atomic E-state index is -0.221. The number of primary amides is 1. The van der Waals surface area contributed by atoms with Crippen LogP contribution in [0.3, 0.4) is 0 Å². The van der Waals surface area contributed by atoms with Crippen molar-refractivity contribution in [2.75, 3.05) is 0 Å². The highest BCUT2D eigenvalue weighted by Gasteiger charge is 2.17. The molecule has 0 fully saturated rings. The summed E-state index contributed by atoms with van der Waals surface area (Å²) in [5.41, 5.74) is 7.60. The molecule has 1 atom stereocenters. The number of aryl methyl sites for hydroxylation is 1. The van der Waals surface area contributed by atoms with Gasteiger partial charge in [0.2, 0.25) is 5.91 Å². The maximum Gasteiger partial charge on any atom is 0.224 e. The number of hydrogen-bond acceptors (Lipinski definition) is 1. The molecule has 0 bridgehead atoms. The van der Waals surface area contributed by atoms with Crippen molar-refractivity contribution in [2.45, 2.75) is 32.6 Å². The summed E-state index contributed by atoms with van der Waals surface area (Å²) < 4.78 is 0. The Balaban J connectivity index is 2.99. The molecule has 14 heavy (non-hydrogen) atoms. The van der Waals surface area contributed by atoms with Gasteiger partial charge in [0, 0.05) is 0 Å². The van der Waals surface area contributed by atoms with E-state index in [0.717, 1.165) is 24.0 Å². The smallest absolute Gasteiger partial charge is 0.224 e. The number of hydrogen-bond donors (Lipinski definition) is 1. The van der Waals surface area contributed by atoms with Crippen LogP contribution < -0.4 is 5.73 Å². The summed E-state index contributed by atoms with van der Waals surface area (Å²) in [7, 11) is 0. The first-order chi connectivity index (χ1) is 6.66. The molecule has 0 saturated carbocycles. The number of amides is 1. The fourth-order valence-electron chi connectivity index (χ4n) is 1.72. The van der Waals surface area contributed by atoms with Crippen LogP contribution >= 0.6 is 0 Å². The minimum Gasteiger partial charge on any atom is -0.369 e. The lowest BCUT2D eigenvalue weighted by Gasteiger charge is -2.14. The first-order valence-corrected chi connectivity index (χ1v) is 5.01. The number of carbonyl (C=O) groups is 1. The molecule has 0 spiro atoms. The molecule has 1 amide bonds. The molecule has 76 valence electrons. The number of rotatable bonds is 4. The zero-order valence-electron chi connectivity index (χ0n) is 8.79. The molecule has 0 aromatic heterocycles. The van der Waals surface area contributed by atoms with Crippen molar-refractivity contribution in [3.05, 3.63) is 35.4 Å². The second-order valence-corrected chi connectivity index (χ2v) is 3.60. The molecule has 1 aromatic carbocycles. The predicted molar refractivity (Wildman–Crippen MR) is 58.0 cm³/mol. The predicted octanol–water partition coefficient (Wildman–Crippen LogP) is 2.36. The van der Waals surface area contributed by atoms with Crippen LogP contribution in [0.1, 0.15) is 36.8 Å². The normalized spacial score (nSPS) is 12.4. The molecule has 0 aliphatic heterocycles. The monoisotopic (exact) mass is 191 g/mol. The van der Waals surface area contributed by atoms with Gasteiger partial charge in [-0.25, -0.2) is 0 Å². The van der Waals surface area contributed by atoms with Gasteiger partial charge in [-0.1, -0.05) is 37.6 Å². The highest BCUT2D eigenvalue weighted by Crippen LogP contribution is 2.23. The molecule has 0 radical (unpaired) electrons. The average Bonchev–Trinajstić information content (AvgIpc) is 2.15. The van der Waals surface area contributed by atoms with Crippen molar-refractivity contribution in [1.29, 1.82) is 0 Å². The van der Waals surface area contributed by atoms with E-state index >= 15 is 0 Å². The van der Waals surface area contributed by atoms with Crippen LogP contribution in [0, 0.1) is 6.92 Å². The summed E-state index contributed by atoms with van der Waals surface area (Å²) in [6.07, 6.45) is 1.81. The van der Waals surface area contributed by atoms with E-state index in [0.29, 0.717) is 0 Å². The van der Waals surface area contributed by atoms with Crippen molar-refractivity contribution in [1.82, 2.24) is 0 Å². The summed E-state index contributed by atoms with van der Waals surface area (Å²) in [5, 5.41) is 0. The molecule has 2 nitrogen and oxygen atoms in total. The summed E-state index contributed by atoms with van der Waals surface area (Å²) >= 11 is 0. The zero-order valence-corrected chi connectivity index (χ0v) is 8.79. The Bertz CT molecular complexity index is 320. The number of benzene rings is 1. The molecule has 0 heterocycles. The van der Waals surface area contributed by atoms with Gasteiger partial charge in [0.05, 0.1) is 5.92 Å². The van der Waals surface area contributed by atoms with Gasteiger partial charge in [0.25, 0.3) is 0 Å². The van der Waals surface area contributed by atoms with Gasteiger partial charge in [-0.2, -0.15) is 0 Å². The Hall–Kier alpha value is -1.31. The van der Waals surface area contributed by atoms with Crippen LogP contribution in [-0.2, 0) is 4.79 Å². The third-order valence-corrected chi connectivity index (χ3v) is 2.48. The second-order valence-electron chi connectivity index (χ2n) is 3.60. The van der Waals surface area contributed by atoms with Crippen LogP contribution in [0.5, 0.6) is 0 Å². The van der Waals surface area contributed by atoms with Crippen LogP contribution in [0.15, 0.2) is 24.3 Å². The van der Waals surface area contributed by atoms with Crippen molar-refractivity contribution in [3.8, 4) is 0 Å². The molecule has 1 unspecified atom stereocenters. The zero-order chi connectivity index (χ0) is 10.6. The van der Waals surface area contributed by atoms with E-state index in [1.807, 2.05) is 31.2 Å². The summed E-state index contributed by atoms with van der Waals surface area (Å²) in [6, 6.07) is 7.93. The Morgan fingerprint density at radius 3 is 2.57 bits per heavy atom. The van der Waals surface area contributed by atoms with Gasteiger partial charge in [-0.05, 0) is 24.5 Å². The van der Waals surface area contributed by atoms with E-state index in [9.17, 15) is 4.79 Å². The highest BCUT2D eigenvalue weighted by atomic mass is 16.1. The first-order valence-electron chi connectivity index (χ1n) is 5.01. The van der Waals surface area contributed by atoms with Crippen molar-refractivity contribution in [2.24, 2.45) is 5.73 Å². The van der Waals surface area contributed by atoms with Gasteiger partial charge in [0.1, 0.15) is 0 Å². The standard InChI is InChI=1S/C12H17NO/c1-3-6-11(12(13)14)10-8-5-4-7-9(10)2/h4-5,7-8,11H,3,6H2,1-2H3,(H2,13,14). The van der Waals surface area contributed by atoms with Gasteiger partial charge in [-0.3, -0.25) is 4.79 Å². The van der Waals surface area contributed by atoms with E-state index in [2.05, 4.69) is 6.92 Å². The molecule has 0 saturated heterocycles. The number of nitrogens with two attached hydrogens (primary N) is 1. The first kappa shape index (κ1) is 10.8. The Labute approximate surface area is 85.1 Å². The SMILES string of the molecule is CCCC(C(N)=O)c1ccccc1C. The van der Waals surface area contributed by atoms with Crippen LogP contribution in [0.25, 0.3) is 0 Å². The Morgan fingerprint density at radius 1 is 1.43 bits per heavy atom. The van der Waals surface area contributed by atoms with Gasteiger partial charge in [-0.15, -0.1) is 0 Å². The second kappa shape index (κ2) is 4.80. The molecular formula is C12H17NO. The van der Waals surface area contributed by atoms with Gasteiger partial charge in [0.15, 0.2) is 0 Å². The van der Waals surface area contributed by atoms with Crippen LogP contribution in [0.4, 0.5) is 0 Å². The molecule has 0 aliphatic carbocycles. The van der Waals surface area contributed by atoms with E-state index < -0.39 is 0 Å². The quantitative estimate of drug-likeness (QED) is 0.780. The topological polar surface area (TPSA) is 43.1 Å². The van der Waals surface area contributed by atoms with Gasteiger partial charge < -0.3 is 5.73 Å². The fourth-order valence-corrected chi connectivity index (χ4v) is 1.72. The highest BCUT2D eigenvalue weighted by molar-refractivity contribution is 5.82. The van der Waals surface area contributed by atoms with Gasteiger partial charge >= 0.3 is 0 Å². The largest absolute Gasteiger partial charge is 0.369 e. The fraction of sp³-hybridized carbons (Fsp3) is 0.417. The summed E-state index contributed by atoms with van der Waals surface area (Å²) in [5.74, 6) is -0.345. The molecule has 1 aromatic rings. The van der Waals surface area contributed by atoms with Crippen LogP contribution in [0.2, 0.25) is 0 Å². The average molecular weight is 191 g/mol. The van der Waals surface area contributed by atoms with E-state index in [1.54, 1.807) is 0 Å². The lowest BCUT2D eigenvalue weighted by molar-refractivity contribution is -0.119. The lowest BCUT2D eigenvalue weighted by atomic mass is 9.91. The van der Waals surface area contributed by atoms with Crippen molar-refractivity contribution < 1.29 is 4.79 Å². The molecule has 0 aliphatic rings. The number of carbonyl (C=O) groups excluding carboxylic acids is 1. The minimum absolute atomic E-state index is 0.124. The van der Waals surface area contributed by atoms with E-state index in [1.165, 1.54) is 0 Å². The third-order valence-electron chi connectivity index (χ3n) is 2.48. The Morgan fingerprint density at radius 2 is 2.07 bits per heavy atom. The Kier molecular flexibility index (Phi) is 3.69. The van der Waals surface area contributed by atoms with Crippen LogP contribution in [-0.4, -0.2) is 5.91 Å². The maximum absolute atomic E-state index is 11.3. The van der Waals surface area contributed by atoms with Crippen molar-refractivity contribution >= 4 is 5.91 Å². The van der Waals surface area contributed by atoms with E-state index in [-0.39, 0.29) is 11.8 Å².